The molecule has 2 nitrogen and oxygen atoms in total. The van der Waals surface area contributed by atoms with Gasteiger partial charge >= 0.3 is 0 Å². The van der Waals surface area contributed by atoms with Crippen LogP contribution in [0, 0.1) is 6.92 Å². The van der Waals surface area contributed by atoms with Gasteiger partial charge in [0.1, 0.15) is 5.15 Å². The maximum atomic E-state index is 11.0. The number of hydrogen-bond acceptors (Lipinski definition) is 2. The van der Waals surface area contributed by atoms with Crippen molar-refractivity contribution in [3.63, 3.8) is 0 Å². The van der Waals surface area contributed by atoms with Crippen molar-refractivity contribution in [2.24, 2.45) is 0 Å². The van der Waals surface area contributed by atoms with E-state index >= 15 is 0 Å². The molecule has 1 aromatic carbocycles. The molecule has 0 amide bonds. The zero-order chi connectivity index (χ0) is 11.5. The highest BCUT2D eigenvalue weighted by atomic mass is 35.5. The first-order valence-electron chi connectivity index (χ1n) is 4.89. The molecule has 80 valence electrons. The van der Waals surface area contributed by atoms with Crippen molar-refractivity contribution in [2.45, 2.75) is 6.92 Å². The summed E-state index contributed by atoms with van der Waals surface area (Å²) in [4.78, 5) is 14.9. The minimum atomic E-state index is 0.244. The summed E-state index contributed by atoms with van der Waals surface area (Å²) in [6.07, 6.45) is 2.34. The van der Waals surface area contributed by atoms with Gasteiger partial charge in [0.25, 0.3) is 0 Å². The number of hydrogen-bond donors (Lipinski definition) is 0. The summed E-state index contributed by atoms with van der Waals surface area (Å²) in [5.41, 5.74) is 3.40. The van der Waals surface area contributed by atoms with E-state index < -0.39 is 0 Å². The molecule has 0 aliphatic heterocycles. The number of pyridine rings is 1. The van der Waals surface area contributed by atoms with Gasteiger partial charge in [0, 0.05) is 6.20 Å². The van der Waals surface area contributed by atoms with Crippen molar-refractivity contribution in [1.82, 2.24) is 4.98 Å². The highest BCUT2D eigenvalue weighted by Crippen LogP contribution is 2.26. The Morgan fingerprint density at radius 1 is 1.19 bits per heavy atom. The number of nitrogens with zero attached hydrogens (tertiary/aromatic N) is 1. The third kappa shape index (κ3) is 1.97. The van der Waals surface area contributed by atoms with Gasteiger partial charge in [-0.1, -0.05) is 41.4 Å². The van der Waals surface area contributed by atoms with Crippen LogP contribution in [0.3, 0.4) is 0 Å². The first-order valence-corrected chi connectivity index (χ1v) is 5.27. The van der Waals surface area contributed by atoms with Gasteiger partial charge in [0.15, 0.2) is 6.29 Å². The Morgan fingerprint density at radius 3 is 2.50 bits per heavy atom. The zero-order valence-corrected chi connectivity index (χ0v) is 9.53. The van der Waals surface area contributed by atoms with E-state index in [0.29, 0.717) is 5.56 Å². The van der Waals surface area contributed by atoms with E-state index in [4.69, 9.17) is 11.6 Å². The van der Waals surface area contributed by atoms with E-state index in [1.807, 2.05) is 31.2 Å². The Labute approximate surface area is 98.9 Å². The van der Waals surface area contributed by atoms with E-state index in [2.05, 4.69) is 4.98 Å². The number of aromatic nitrogens is 1. The quantitative estimate of drug-likeness (QED) is 0.585. The summed E-state index contributed by atoms with van der Waals surface area (Å²) in [6, 6.07) is 9.72. The van der Waals surface area contributed by atoms with Gasteiger partial charge < -0.3 is 0 Å². The van der Waals surface area contributed by atoms with Gasteiger partial charge in [0.05, 0.1) is 5.56 Å². The highest BCUT2D eigenvalue weighted by molar-refractivity contribution is 6.32. The second-order valence-electron chi connectivity index (χ2n) is 3.55. The third-order valence-electron chi connectivity index (χ3n) is 2.42. The van der Waals surface area contributed by atoms with E-state index in [-0.39, 0.29) is 5.15 Å². The molecule has 2 aromatic rings. The van der Waals surface area contributed by atoms with Crippen LogP contribution in [0.5, 0.6) is 0 Å². The van der Waals surface area contributed by atoms with Crippen molar-refractivity contribution in [3.05, 3.63) is 52.8 Å². The maximum Gasteiger partial charge on any atom is 0.153 e. The first-order chi connectivity index (χ1) is 7.72. The average Bonchev–Trinajstić information content (AvgIpc) is 2.30. The van der Waals surface area contributed by atoms with Gasteiger partial charge in [-0.25, -0.2) is 4.98 Å². The third-order valence-corrected chi connectivity index (χ3v) is 2.72. The van der Waals surface area contributed by atoms with E-state index in [1.165, 1.54) is 5.56 Å². The number of rotatable bonds is 2. The number of benzene rings is 1. The molecule has 1 aromatic heterocycles. The largest absolute Gasteiger partial charge is 0.298 e. The molecular formula is C13H10ClNO. The molecule has 0 fully saturated rings. The summed E-state index contributed by atoms with van der Waals surface area (Å²) in [5.74, 6) is 0. The van der Waals surface area contributed by atoms with Crippen LogP contribution in [0.4, 0.5) is 0 Å². The molecule has 0 radical (unpaired) electrons. The van der Waals surface area contributed by atoms with Gasteiger partial charge in [-0.05, 0) is 24.1 Å². The number of halogens is 1. The van der Waals surface area contributed by atoms with Crippen LogP contribution in [0.2, 0.25) is 5.15 Å². The fourth-order valence-electron chi connectivity index (χ4n) is 1.54. The summed E-state index contributed by atoms with van der Waals surface area (Å²) < 4.78 is 0. The standard InChI is InChI=1S/C13H10ClNO/c1-9-2-4-10(5-3-9)11-6-7-15-13(14)12(11)8-16/h2-8H,1H3. The molecule has 0 atom stereocenters. The molecule has 3 heteroatoms. The fourth-order valence-corrected chi connectivity index (χ4v) is 1.75. The zero-order valence-electron chi connectivity index (χ0n) is 8.77. The smallest absolute Gasteiger partial charge is 0.153 e. The molecule has 0 aliphatic rings. The van der Waals surface area contributed by atoms with Crippen LogP contribution in [0.15, 0.2) is 36.5 Å². The molecule has 0 bridgehead atoms. The Morgan fingerprint density at radius 2 is 1.88 bits per heavy atom. The first kappa shape index (κ1) is 10.8. The predicted octanol–water partition coefficient (Wildman–Crippen LogP) is 3.52. The fraction of sp³-hybridized carbons (Fsp3) is 0.0769. The summed E-state index contributed by atoms with van der Waals surface area (Å²) in [6.45, 7) is 2.02. The lowest BCUT2D eigenvalue weighted by molar-refractivity contribution is 0.112. The van der Waals surface area contributed by atoms with Crippen molar-refractivity contribution in [3.8, 4) is 11.1 Å². The summed E-state index contributed by atoms with van der Waals surface area (Å²) in [7, 11) is 0. The number of aldehydes is 1. The molecule has 16 heavy (non-hydrogen) atoms. The molecule has 0 N–H and O–H groups in total. The normalized spacial score (nSPS) is 10.1. The monoisotopic (exact) mass is 231 g/mol. The Kier molecular flexibility index (Phi) is 3.02. The lowest BCUT2D eigenvalue weighted by atomic mass is 10.0. The van der Waals surface area contributed by atoms with Crippen LogP contribution in [-0.4, -0.2) is 11.3 Å². The number of aryl methyl sites for hydroxylation is 1. The van der Waals surface area contributed by atoms with Crippen molar-refractivity contribution in [1.29, 1.82) is 0 Å². The lowest BCUT2D eigenvalue weighted by Gasteiger charge is -2.06. The number of carbonyl (C=O) groups is 1. The van der Waals surface area contributed by atoms with Gasteiger partial charge in [0.2, 0.25) is 0 Å². The minimum Gasteiger partial charge on any atom is -0.298 e. The summed E-state index contributed by atoms with van der Waals surface area (Å²) >= 11 is 5.87. The molecule has 0 saturated carbocycles. The molecule has 0 aliphatic carbocycles. The maximum absolute atomic E-state index is 11.0. The van der Waals surface area contributed by atoms with E-state index in [1.54, 1.807) is 12.3 Å². The highest BCUT2D eigenvalue weighted by Gasteiger charge is 2.08. The molecule has 2 rings (SSSR count). The van der Waals surface area contributed by atoms with Gasteiger partial charge in [-0.3, -0.25) is 4.79 Å². The second-order valence-corrected chi connectivity index (χ2v) is 3.90. The van der Waals surface area contributed by atoms with E-state index in [0.717, 1.165) is 17.4 Å². The van der Waals surface area contributed by atoms with Crippen LogP contribution in [-0.2, 0) is 0 Å². The Bertz CT molecular complexity index is 520. The van der Waals surface area contributed by atoms with E-state index in [9.17, 15) is 4.79 Å². The average molecular weight is 232 g/mol. The molecule has 0 saturated heterocycles. The molecular weight excluding hydrogens is 222 g/mol. The number of carbonyl (C=O) groups excluding carboxylic acids is 1. The van der Waals surface area contributed by atoms with Crippen LogP contribution >= 0.6 is 11.6 Å². The predicted molar refractivity (Wildman–Crippen MR) is 64.8 cm³/mol. The minimum absolute atomic E-state index is 0.244. The van der Waals surface area contributed by atoms with Crippen LogP contribution in [0.1, 0.15) is 15.9 Å². The summed E-state index contributed by atoms with van der Waals surface area (Å²) in [5, 5.41) is 0.244. The lowest BCUT2D eigenvalue weighted by Crippen LogP contribution is -1.91. The van der Waals surface area contributed by atoms with Crippen LogP contribution < -0.4 is 0 Å². The van der Waals surface area contributed by atoms with Gasteiger partial charge in [-0.15, -0.1) is 0 Å². The Balaban J connectivity index is 2.59. The molecule has 0 unspecified atom stereocenters. The molecule has 0 spiro atoms. The Hall–Kier alpha value is -1.67. The second kappa shape index (κ2) is 4.45. The molecule has 1 heterocycles. The van der Waals surface area contributed by atoms with Crippen molar-refractivity contribution in [2.75, 3.05) is 0 Å². The van der Waals surface area contributed by atoms with Gasteiger partial charge in [-0.2, -0.15) is 0 Å². The van der Waals surface area contributed by atoms with Crippen molar-refractivity contribution >= 4 is 17.9 Å². The topological polar surface area (TPSA) is 30.0 Å². The van der Waals surface area contributed by atoms with Crippen molar-refractivity contribution < 1.29 is 4.79 Å². The van der Waals surface area contributed by atoms with Crippen LogP contribution in [0.25, 0.3) is 11.1 Å². The SMILES string of the molecule is Cc1ccc(-c2ccnc(Cl)c2C=O)cc1.